The molecule has 1 N–H and O–H groups in total. The predicted molar refractivity (Wildman–Crippen MR) is 126 cm³/mol. The molecule has 0 spiro atoms. The Morgan fingerprint density at radius 2 is 1.76 bits per heavy atom. The highest BCUT2D eigenvalue weighted by Crippen LogP contribution is 2.40. The highest BCUT2D eigenvalue weighted by atomic mass is 16.5. The summed E-state index contributed by atoms with van der Waals surface area (Å²) in [7, 11) is 2.16. The highest BCUT2D eigenvalue weighted by molar-refractivity contribution is 5.88. The number of para-hydroxylation sites is 1. The zero-order valence-electron chi connectivity index (χ0n) is 19.1. The number of hydrogen-bond acceptors (Lipinski definition) is 5. The molecule has 1 saturated heterocycles. The number of amides is 1. The molecular weight excluding hydrogens is 432 g/mol. The maximum absolute atomic E-state index is 12.7. The van der Waals surface area contributed by atoms with E-state index in [2.05, 4.69) is 29.2 Å². The van der Waals surface area contributed by atoms with Crippen molar-refractivity contribution < 1.29 is 19.4 Å². The summed E-state index contributed by atoms with van der Waals surface area (Å²) in [5, 5.41) is 13.0. The van der Waals surface area contributed by atoms with Crippen LogP contribution in [0.5, 0.6) is 11.5 Å². The molecule has 2 heterocycles. The van der Waals surface area contributed by atoms with Gasteiger partial charge in [0.2, 0.25) is 0 Å². The van der Waals surface area contributed by atoms with Crippen LogP contribution in [-0.4, -0.2) is 62.9 Å². The molecule has 8 nitrogen and oxygen atoms in total. The van der Waals surface area contributed by atoms with Crippen LogP contribution in [0.15, 0.2) is 67.0 Å². The number of carbonyl (C=O) groups is 2. The molecule has 8 heteroatoms. The minimum absolute atomic E-state index is 0.0210. The molecule has 3 aromatic rings. The zero-order valence-corrected chi connectivity index (χ0v) is 19.1. The van der Waals surface area contributed by atoms with Gasteiger partial charge >= 0.3 is 12.0 Å². The molecule has 2 aliphatic rings. The monoisotopic (exact) mass is 460 g/mol. The second kappa shape index (κ2) is 9.30. The molecule has 1 aliphatic carbocycles. The van der Waals surface area contributed by atoms with Gasteiger partial charge in [0.15, 0.2) is 0 Å². The van der Waals surface area contributed by atoms with Gasteiger partial charge in [-0.2, -0.15) is 9.78 Å². The fourth-order valence-electron chi connectivity index (χ4n) is 5.22. The van der Waals surface area contributed by atoms with Crippen LogP contribution in [0.4, 0.5) is 4.79 Å². The van der Waals surface area contributed by atoms with Crippen molar-refractivity contribution in [2.24, 2.45) is 11.8 Å². The van der Waals surface area contributed by atoms with E-state index in [9.17, 15) is 9.59 Å². The van der Waals surface area contributed by atoms with Gasteiger partial charge in [0.1, 0.15) is 11.5 Å². The summed E-state index contributed by atoms with van der Waals surface area (Å²) < 4.78 is 7.11. The van der Waals surface area contributed by atoms with Gasteiger partial charge in [-0.1, -0.05) is 30.3 Å². The second-order valence-corrected chi connectivity index (χ2v) is 9.29. The van der Waals surface area contributed by atoms with Crippen LogP contribution in [0, 0.1) is 11.8 Å². The average molecular weight is 461 g/mol. The molecule has 1 amide bonds. The first kappa shape index (κ1) is 22.2. The first-order valence-corrected chi connectivity index (χ1v) is 11.6. The van der Waals surface area contributed by atoms with E-state index in [0.29, 0.717) is 31.0 Å². The quantitative estimate of drug-likeness (QED) is 0.594. The summed E-state index contributed by atoms with van der Waals surface area (Å²) in [6.45, 7) is 2.22. The van der Waals surface area contributed by atoms with Crippen molar-refractivity contribution in [2.75, 3.05) is 20.1 Å². The predicted octanol–water partition coefficient (Wildman–Crippen LogP) is 4.18. The van der Waals surface area contributed by atoms with Gasteiger partial charge in [0, 0.05) is 25.7 Å². The van der Waals surface area contributed by atoms with Gasteiger partial charge in [0.25, 0.3) is 0 Å². The van der Waals surface area contributed by atoms with Crippen molar-refractivity contribution in [1.29, 1.82) is 0 Å². The fraction of sp³-hybridized carbons (Fsp3) is 0.346. The minimum Gasteiger partial charge on any atom is -0.478 e. The van der Waals surface area contributed by atoms with Gasteiger partial charge in [0.05, 0.1) is 18.0 Å². The number of aromatic carboxylic acids is 1. The van der Waals surface area contributed by atoms with E-state index < -0.39 is 5.97 Å². The number of likely N-dealkylation sites (tertiary alicyclic amines) is 1. The first-order chi connectivity index (χ1) is 16.5. The number of rotatable bonds is 6. The van der Waals surface area contributed by atoms with Gasteiger partial charge < -0.3 is 14.7 Å². The first-order valence-electron chi connectivity index (χ1n) is 11.6. The highest BCUT2D eigenvalue weighted by Gasteiger charge is 2.43. The van der Waals surface area contributed by atoms with Crippen LogP contribution >= 0.6 is 0 Å². The number of nitrogens with zero attached hydrogens (tertiary/aromatic N) is 4. The molecule has 1 aliphatic heterocycles. The molecule has 1 aromatic heterocycles. The van der Waals surface area contributed by atoms with Gasteiger partial charge in [-0.15, -0.1) is 0 Å². The van der Waals surface area contributed by atoms with Crippen molar-refractivity contribution in [1.82, 2.24) is 19.6 Å². The van der Waals surface area contributed by atoms with E-state index in [-0.39, 0.29) is 11.6 Å². The lowest BCUT2D eigenvalue weighted by atomic mass is 10.0. The lowest BCUT2D eigenvalue weighted by Gasteiger charge is -2.26. The van der Waals surface area contributed by atoms with E-state index >= 15 is 0 Å². The molecule has 0 unspecified atom stereocenters. The molecule has 2 fully saturated rings. The molecule has 34 heavy (non-hydrogen) atoms. The number of aromatic nitrogens is 2. The van der Waals surface area contributed by atoms with E-state index in [1.807, 2.05) is 42.5 Å². The summed E-state index contributed by atoms with van der Waals surface area (Å²) in [5.41, 5.74) is 1.23. The van der Waals surface area contributed by atoms with Crippen molar-refractivity contribution in [2.45, 2.75) is 25.4 Å². The molecule has 176 valence electrons. The third-order valence-corrected chi connectivity index (χ3v) is 6.95. The minimum atomic E-state index is -1.08. The Bertz CT molecular complexity index is 1160. The topological polar surface area (TPSA) is 87.9 Å². The summed E-state index contributed by atoms with van der Waals surface area (Å²) in [6.07, 6.45) is 4.59. The largest absolute Gasteiger partial charge is 0.478 e. The third-order valence-electron chi connectivity index (χ3n) is 6.95. The summed E-state index contributed by atoms with van der Waals surface area (Å²) in [6, 6.07) is 18.2. The number of carboxylic acid groups (broad SMARTS) is 1. The second-order valence-electron chi connectivity index (χ2n) is 9.29. The Hall–Kier alpha value is -3.65. The third kappa shape index (κ3) is 4.68. The smallest absolute Gasteiger partial charge is 0.344 e. The fourth-order valence-corrected chi connectivity index (χ4v) is 5.22. The number of hydrogen-bond donors (Lipinski definition) is 1. The van der Waals surface area contributed by atoms with Crippen LogP contribution in [-0.2, 0) is 6.54 Å². The van der Waals surface area contributed by atoms with Crippen LogP contribution in [0.2, 0.25) is 0 Å². The molecule has 5 rings (SSSR count). The van der Waals surface area contributed by atoms with Gasteiger partial charge in [-0.25, -0.2) is 9.59 Å². The number of ether oxygens (including phenoxy) is 1. The zero-order chi connectivity index (χ0) is 23.7. The SMILES string of the molecule is CN(Cc1cccc(Oc2ccccc2)c1)[C@H]1C[C@@H]2CN(C(=O)n3cc(C(=O)O)cn3)C[C@@H]2C1. The molecule has 2 aromatic carbocycles. The van der Waals surface area contributed by atoms with Crippen LogP contribution in [0.3, 0.4) is 0 Å². The maximum atomic E-state index is 12.7. The van der Waals surface area contributed by atoms with Gasteiger partial charge in [-0.05, 0) is 61.6 Å². The lowest BCUT2D eigenvalue weighted by molar-refractivity contribution is 0.0697. The number of fused-ring (bicyclic) bond motifs is 1. The van der Waals surface area contributed by atoms with E-state index in [1.54, 1.807) is 4.90 Å². The summed E-state index contributed by atoms with van der Waals surface area (Å²) in [5.74, 6) is 1.49. The molecular formula is C26H28N4O4. The van der Waals surface area contributed by atoms with Crippen molar-refractivity contribution in [3.05, 3.63) is 78.1 Å². The van der Waals surface area contributed by atoms with Crippen molar-refractivity contribution >= 4 is 12.0 Å². The van der Waals surface area contributed by atoms with Crippen LogP contribution in [0.25, 0.3) is 0 Å². The normalized spacial score (nSPS) is 21.6. The number of carboxylic acids is 1. The number of benzene rings is 2. The lowest BCUT2D eigenvalue weighted by Crippen LogP contribution is -2.36. The Balaban J connectivity index is 1.15. The van der Waals surface area contributed by atoms with Crippen LogP contribution in [0.1, 0.15) is 28.8 Å². The van der Waals surface area contributed by atoms with E-state index in [1.165, 1.54) is 18.0 Å². The average Bonchev–Trinajstić information content (AvgIpc) is 3.55. The Labute approximate surface area is 198 Å². The number of carbonyl (C=O) groups excluding carboxylic acids is 1. The molecule has 0 radical (unpaired) electrons. The Kier molecular flexibility index (Phi) is 6.06. The summed E-state index contributed by atoms with van der Waals surface area (Å²) >= 11 is 0. The Morgan fingerprint density at radius 3 is 2.44 bits per heavy atom. The molecule has 3 atom stereocenters. The van der Waals surface area contributed by atoms with Crippen molar-refractivity contribution in [3.8, 4) is 11.5 Å². The standard InChI is InChI=1S/C26H28N4O4/c1-28(14-18-6-5-9-24(10-18)34-23-7-3-2-4-8-23)22-11-19-15-29(16-20(19)12-22)26(33)30-17-21(13-27-30)25(31)32/h2-10,13,17,19-20,22H,11-12,14-16H2,1H3,(H,31,32)/t19-,20+,22+. The summed E-state index contributed by atoms with van der Waals surface area (Å²) in [4.78, 5) is 28.0. The molecule has 1 saturated carbocycles. The Morgan fingerprint density at radius 1 is 1.06 bits per heavy atom. The van der Waals surface area contributed by atoms with Crippen molar-refractivity contribution in [3.63, 3.8) is 0 Å². The van der Waals surface area contributed by atoms with Crippen LogP contribution < -0.4 is 4.74 Å². The van der Waals surface area contributed by atoms with Gasteiger partial charge in [-0.3, -0.25) is 4.90 Å². The van der Waals surface area contributed by atoms with E-state index in [4.69, 9.17) is 9.84 Å². The van der Waals surface area contributed by atoms with E-state index in [0.717, 1.165) is 35.6 Å². The maximum Gasteiger partial charge on any atom is 0.344 e. The molecule has 0 bridgehead atoms.